The molecule has 0 amide bonds. The van der Waals surface area contributed by atoms with E-state index in [0.717, 1.165) is 4.57 Å². The number of pyridine rings is 1. The van der Waals surface area contributed by atoms with Crippen LogP contribution < -0.4 is 10.3 Å². The van der Waals surface area contributed by atoms with Crippen molar-refractivity contribution in [2.75, 3.05) is 19.8 Å². The first-order valence-electron chi connectivity index (χ1n) is 9.17. The number of aromatic nitrogens is 1. The van der Waals surface area contributed by atoms with Crippen LogP contribution in [0.15, 0.2) is 29.1 Å². The molecule has 0 bridgehead atoms. The van der Waals surface area contributed by atoms with Crippen molar-refractivity contribution in [2.24, 2.45) is 0 Å². The number of Topliss-reactive ketones (excluding diaryl/α,β-unsaturated/α-hetero) is 1. The number of hydrogen-bond donors (Lipinski definition) is 1. The minimum atomic E-state index is -0.724. The Bertz CT molecular complexity index is 1050. The van der Waals surface area contributed by atoms with Gasteiger partial charge < -0.3 is 14.6 Å². The molecule has 1 N–H and O–H groups in total. The molecule has 1 aromatic carbocycles. The molecule has 0 unspecified atom stereocenters. The summed E-state index contributed by atoms with van der Waals surface area (Å²) < 4.78 is 11.4. The standard InChI is InChI=1S/C20H21N3O7/c1-3-29-10-6-9-22-19(25)14(11-21)13(2)18(20(22)26)16(24)12-30-17-8-5-4-7-15(17)23(27)28/h4-5,7-8,26H,3,6,9-10,12H2,1-2H3. The fraction of sp³-hybridized carbons (Fsp3) is 0.350. The number of aromatic hydroxyl groups is 1. The van der Waals surface area contributed by atoms with Crippen molar-refractivity contribution < 1.29 is 24.3 Å². The number of nitriles is 1. The van der Waals surface area contributed by atoms with Crippen molar-refractivity contribution in [1.82, 2.24) is 4.57 Å². The molecule has 1 aromatic heterocycles. The van der Waals surface area contributed by atoms with Gasteiger partial charge in [0.2, 0.25) is 11.7 Å². The summed E-state index contributed by atoms with van der Waals surface area (Å²) in [6.45, 7) is 3.44. The van der Waals surface area contributed by atoms with Gasteiger partial charge in [-0.2, -0.15) is 5.26 Å². The van der Waals surface area contributed by atoms with Gasteiger partial charge >= 0.3 is 5.69 Å². The molecule has 10 nitrogen and oxygen atoms in total. The molecule has 0 spiro atoms. The van der Waals surface area contributed by atoms with Crippen molar-refractivity contribution in [2.45, 2.75) is 26.8 Å². The third-order valence-corrected chi connectivity index (χ3v) is 4.37. The van der Waals surface area contributed by atoms with E-state index in [1.54, 1.807) is 6.07 Å². The zero-order valence-corrected chi connectivity index (χ0v) is 16.6. The molecular formula is C20H21N3O7. The van der Waals surface area contributed by atoms with E-state index in [2.05, 4.69) is 0 Å². The summed E-state index contributed by atoms with van der Waals surface area (Å²) in [5.74, 6) is -1.42. The SMILES string of the molecule is CCOCCCn1c(O)c(C(=O)COc2ccccc2[N+](=O)[O-])c(C)c(C#N)c1=O. The number of benzene rings is 1. The molecule has 1 heterocycles. The Balaban J connectivity index is 2.36. The first kappa shape index (κ1) is 22.6. The number of ether oxygens (including phenoxy) is 2. The predicted octanol–water partition coefficient (Wildman–Crippen LogP) is 2.33. The summed E-state index contributed by atoms with van der Waals surface area (Å²) in [6.07, 6.45) is 0.385. The summed E-state index contributed by atoms with van der Waals surface area (Å²) in [5.41, 5.74) is -1.50. The number of rotatable bonds is 10. The Morgan fingerprint density at radius 1 is 1.37 bits per heavy atom. The van der Waals surface area contributed by atoms with Crippen LogP contribution in [-0.4, -0.2) is 40.2 Å². The van der Waals surface area contributed by atoms with Crippen LogP contribution in [0, 0.1) is 28.4 Å². The molecule has 0 fully saturated rings. The molecule has 0 atom stereocenters. The summed E-state index contributed by atoms with van der Waals surface area (Å²) in [4.78, 5) is 35.7. The van der Waals surface area contributed by atoms with Crippen molar-refractivity contribution in [3.05, 3.63) is 61.4 Å². The summed E-state index contributed by atoms with van der Waals surface area (Å²) in [7, 11) is 0. The van der Waals surface area contributed by atoms with E-state index >= 15 is 0 Å². The monoisotopic (exact) mass is 415 g/mol. The maximum absolute atomic E-state index is 12.7. The van der Waals surface area contributed by atoms with Crippen LogP contribution in [0.4, 0.5) is 5.69 Å². The topological polar surface area (TPSA) is 145 Å². The van der Waals surface area contributed by atoms with Gasteiger partial charge in [0.1, 0.15) is 11.6 Å². The summed E-state index contributed by atoms with van der Waals surface area (Å²) >= 11 is 0. The Morgan fingerprint density at radius 3 is 2.70 bits per heavy atom. The predicted molar refractivity (Wildman–Crippen MR) is 106 cm³/mol. The van der Waals surface area contributed by atoms with Crippen molar-refractivity contribution in [3.63, 3.8) is 0 Å². The molecular weight excluding hydrogens is 394 g/mol. The lowest BCUT2D eigenvalue weighted by molar-refractivity contribution is -0.385. The zero-order chi connectivity index (χ0) is 22.3. The summed E-state index contributed by atoms with van der Waals surface area (Å²) in [5, 5.41) is 31.0. The first-order chi connectivity index (χ1) is 14.3. The number of carbonyl (C=O) groups excluding carboxylic acids is 1. The van der Waals surface area contributed by atoms with Gasteiger partial charge in [0.15, 0.2) is 12.4 Å². The van der Waals surface area contributed by atoms with Gasteiger partial charge in [-0.3, -0.25) is 24.3 Å². The number of nitrogens with zero attached hydrogens (tertiary/aromatic N) is 3. The lowest BCUT2D eigenvalue weighted by Gasteiger charge is -2.15. The maximum Gasteiger partial charge on any atom is 0.310 e. The van der Waals surface area contributed by atoms with E-state index in [9.17, 15) is 30.1 Å². The third kappa shape index (κ3) is 4.82. The molecule has 30 heavy (non-hydrogen) atoms. The normalized spacial score (nSPS) is 10.4. The second-order valence-electron chi connectivity index (χ2n) is 6.25. The fourth-order valence-corrected chi connectivity index (χ4v) is 2.91. The third-order valence-electron chi connectivity index (χ3n) is 4.37. The number of nitro benzene ring substituents is 1. The highest BCUT2D eigenvalue weighted by atomic mass is 16.6. The number of hydrogen-bond acceptors (Lipinski definition) is 8. The van der Waals surface area contributed by atoms with Gasteiger partial charge in [-0.15, -0.1) is 0 Å². The highest BCUT2D eigenvalue weighted by Gasteiger charge is 2.25. The van der Waals surface area contributed by atoms with Crippen LogP contribution in [0.3, 0.4) is 0 Å². The van der Waals surface area contributed by atoms with E-state index in [4.69, 9.17) is 9.47 Å². The van der Waals surface area contributed by atoms with Crippen LogP contribution in [0.5, 0.6) is 11.6 Å². The van der Waals surface area contributed by atoms with Crippen LogP contribution in [-0.2, 0) is 11.3 Å². The molecule has 158 valence electrons. The van der Waals surface area contributed by atoms with Gasteiger partial charge in [-0.25, -0.2) is 0 Å². The highest BCUT2D eigenvalue weighted by molar-refractivity contribution is 6.01. The van der Waals surface area contributed by atoms with Gasteiger partial charge in [0, 0.05) is 25.8 Å². The van der Waals surface area contributed by atoms with Crippen LogP contribution in [0.25, 0.3) is 0 Å². The molecule has 0 saturated carbocycles. The second-order valence-corrected chi connectivity index (χ2v) is 6.25. The lowest BCUT2D eigenvalue weighted by atomic mass is 10.0. The number of carbonyl (C=O) groups is 1. The largest absolute Gasteiger partial charge is 0.494 e. The molecule has 2 rings (SSSR count). The van der Waals surface area contributed by atoms with E-state index in [0.29, 0.717) is 19.6 Å². The maximum atomic E-state index is 12.7. The average molecular weight is 415 g/mol. The van der Waals surface area contributed by atoms with E-state index in [1.807, 2.05) is 6.92 Å². The molecule has 0 aliphatic rings. The summed E-state index contributed by atoms with van der Waals surface area (Å²) in [6, 6.07) is 7.31. The van der Waals surface area contributed by atoms with Crippen LogP contribution in [0.1, 0.15) is 34.8 Å². The van der Waals surface area contributed by atoms with Crippen LogP contribution in [0.2, 0.25) is 0 Å². The minimum absolute atomic E-state index is 0.0252. The van der Waals surface area contributed by atoms with E-state index in [-0.39, 0.29) is 34.7 Å². The molecule has 0 radical (unpaired) electrons. The smallest absolute Gasteiger partial charge is 0.310 e. The first-order valence-corrected chi connectivity index (χ1v) is 9.17. The zero-order valence-electron chi connectivity index (χ0n) is 16.6. The number of nitro groups is 1. The molecule has 0 saturated heterocycles. The number of ketones is 1. The Labute approximate surface area is 172 Å². The lowest BCUT2D eigenvalue weighted by Crippen LogP contribution is -2.28. The van der Waals surface area contributed by atoms with Gasteiger partial charge in [-0.05, 0) is 31.9 Å². The highest BCUT2D eigenvalue weighted by Crippen LogP contribution is 2.27. The second kappa shape index (κ2) is 10.2. The molecule has 0 aliphatic heterocycles. The van der Waals surface area contributed by atoms with Crippen molar-refractivity contribution in [3.8, 4) is 17.7 Å². The fourth-order valence-electron chi connectivity index (χ4n) is 2.91. The van der Waals surface area contributed by atoms with Gasteiger partial charge in [-0.1, -0.05) is 12.1 Å². The molecule has 0 aliphatic carbocycles. The van der Waals surface area contributed by atoms with Gasteiger partial charge in [0.05, 0.1) is 10.5 Å². The van der Waals surface area contributed by atoms with E-state index < -0.39 is 28.8 Å². The quantitative estimate of drug-likeness (QED) is 0.269. The molecule has 10 heteroatoms. The Hall–Kier alpha value is -3.71. The molecule has 2 aromatic rings. The Morgan fingerprint density at radius 2 is 2.07 bits per heavy atom. The van der Waals surface area contributed by atoms with Crippen LogP contribution >= 0.6 is 0 Å². The van der Waals surface area contributed by atoms with Crippen molar-refractivity contribution >= 4 is 11.5 Å². The van der Waals surface area contributed by atoms with Crippen molar-refractivity contribution in [1.29, 1.82) is 5.26 Å². The number of para-hydroxylation sites is 2. The van der Waals surface area contributed by atoms with Gasteiger partial charge in [0.25, 0.3) is 5.56 Å². The van der Waals surface area contributed by atoms with E-state index in [1.165, 1.54) is 31.2 Å². The Kier molecular flexibility index (Phi) is 7.66. The minimum Gasteiger partial charge on any atom is -0.494 e. The average Bonchev–Trinajstić information content (AvgIpc) is 2.72.